The summed E-state index contributed by atoms with van der Waals surface area (Å²) in [4.78, 5) is 13.8. The van der Waals surface area contributed by atoms with E-state index in [1.54, 1.807) is 29.2 Å². The largest absolute Gasteiger partial charge is 0.323 e. The zero-order chi connectivity index (χ0) is 16.5. The number of amides is 1. The molecular weight excluding hydrogens is 324 g/mol. The van der Waals surface area contributed by atoms with Gasteiger partial charge in [0.25, 0.3) is 0 Å². The highest BCUT2D eigenvalue weighted by Crippen LogP contribution is 2.28. The van der Waals surface area contributed by atoms with Crippen LogP contribution in [0.1, 0.15) is 19.4 Å². The fourth-order valence-electron chi connectivity index (χ4n) is 2.78. The maximum Gasteiger partial charge on any atom is 0.244 e. The van der Waals surface area contributed by atoms with Gasteiger partial charge in [-0.1, -0.05) is 31.5 Å². The summed E-state index contributed by atoms with van der Waals surface area (Å²) in [5.41, 5.74) is 1.000. The van der Waals surface area contributed by atoms with Gasteiger partial charge in [-0.2, -0.15) is 4.31 Å². The smallest absolute Gasteiger partial charge is 0.244 e. The third-order valence-electron chi connectivity index (χ3n) is 3.83. The molecule has 0 bridgehead atoms. The number of carbonyl (C=O) groups is 1. The van der Waals surface area contributed by atoms with Crippen LogP contribution in [0.15, 0.2) is 29.2 Å². The maximum atomic E-state index is 12.9. The van der Waals surface area contributed by atoms with E-state index in [4.69, 9.17) is 11.6 Å². The molecular formula is C15H21ClN2O3S. The highest BCUT2D eigenvalue weighted by molar-refractivity contribution is 7.89. The van der Waals surface area contributed by atoms with E-state index in [9.17, 15) is 13.2 Å². The Morgan fingerprint density at radius 2 is 1.86 bits per heavy atom. The van der Waals surface area contributed by atoms with E-state index in [0.717, 1.165) is 5.56 Å². The number of hydrogen-bond donors (Lipinski definition) is 0. The Hall–Kier alpha value is -1.11. The summed E-state index contributed by atoms with van der Waals surface area (Å²) in [7, 11) is -3.63. The number of nitrogens with zero attached hydrogens (tertiary/aromatic N) is 2. The molecule has 1 saturated heterocycles. The molecule has 1 aliphatic heterocycles. The van der Waals surface area contributed by atoms with Gasteiger partial charge in [0.1, 0.15) is 12.0 Å². The number of benzene rings is 1. The van der Waals surface area contributed by atoms with E-state index < -0.39 is 16.2 Å². The molecule has 0 spiro atoms. The van der Waals surface area contributed by atoms with Crippen LogP contribution in [0.2, 0.25) is 0 Å². The molecule has 22 heavy (non-hydrogen) atoms. The molecule has 0 radical (unpaired) electrons. The van der Waals surface area contributed by atoms with Gasteiger partial charge in [-0.25, -0.2) is 8.42 Å². The number of hydrogen-bond acceptors (Lipinski definition) is 3. The van der Waals surface area contributed by atoms with Crippen LogP contribution < -0.4 is 0 Å². The van der Waals surface area contributed by atoms with E-state index in [2.05, 4.69) is 0 Å². The molecule has 1 aromatic carbocycles. The summed E-state index contributed by atoms with van der Waals surface area (Å²) in [6, 6.07) is 6.76. The van der Waals surface area contributed by atoms with E-state index in [0.29, 0.717) is 13.1 Å². The summed E-state index contributed by atoms with van der Waals surface area (Å²) in [5, 5.41) is 0. The predicted octanol–water partition coefficient (Wildman–Crippen LogP) is 2.05. The molecule has 0 aromatic heterocycles. The van der Waals surface area contributed by atoms with Crippen molar-refractivity contribution >= 4 is 27.5 Å². The van der Waals surface area contributed by atoms with Gasteiger partial charge in [0.05, 0.1) is 4.90 Å². The molecule has 0 N–H and O–H groups in total. The second kappa shape index (κ2) is 6.56. The number of alkyl halides is 1. The molecule has 1 aliphatic rings. The normalized spacial score (nSPS) is 19.9. The van der Waals surface area contributed by atoms with Gasteiger partial charge < -0.3 is 4.90 Å². The summed E-state index contributed by atoms with van der Waals surface area (Å²) in [5.74, 6) is -0.390. The van der Waals surface area contributed by atoms with E-state index in [-0.39, 0.29) is 22.6 Å². The Morgan fingerprint density at radius 1 is 1.27 bits per heavy atom. The minimum absolute atomic E-state index is 0.0186. The Bertz CT molecular complexity index is 643. The second-order valence-electron chi connectivity index (χ2n) is 5.81. The predicted molar refractivity (Wildman–Crippen MR) is 86.1 cm³/mol. The monoisotopic (exact) mass is 344 g/mol. The van der Waals surface area contributed by atoms with Crippen LogP contribution in [0.3, 0.4) is 0 Å². The van der Waals surface area contributed by atoms with Gasteiger partial charge >= 0.3 is 0 Å². The number of sulfonamides is 1. The average molecular weight is 345 g/mol. The lowest BCUT2D eigenvalue weighted by atomic mass is 10.1. The SMILES string of the molecule is Cc1ccc(S(=O)(=O)N2CCN(C(=O)CCl)[C@@H]2C(C)C)cc1. The van der Waals surface area contributed by atoms with Crippen molar-refractivity contribution < 1.29 is 13.2 Å². The minimum Gasteiger partial charge on any atom is -0.323 e. The highest BCUT2D eigenvalue weighted by Gasteiger charge is 2.43. The number of aryl methyl sites for hydroxylation is 1. The Labute approximate surface area is 136 Å². The summed E-state index contributed by atoms with van der Waals surface area (Å²) < 4.78 is 27.2. The zero-order valence-corrected chi connectivity index (χ0v) is 14.6. The Kier molecular flexibility index (Phi) is 5.14. The summed E-state index contributed by atoms with van der Waals surface area (Å²) >= 11 is 5.64. The molecule has 1 fully saturated rings. The molecule has 0 aliphatic carbocycles. The van der Waals surface area contributed by atoms with Crippen LogP contribution in [0.25, 0.3) is 0 Å². The van der Waals surface area contributed by atoms with E-state index in [1.165, 1.54) is 4.31 Å². The maximum absolute atomic E-state index is 12.9. The van der Waals surface area contributed by atoms with Crippen molar-refractivity contribution in [2.45, 2.75) is 31.8 Å². The molecule has 2 rings (SSSR count). The number of rotatable bonds is 4. The van der Waals surface area contributed by atoms with Crippen LogP contribution in [0.5, 0.6) is 0 Å². The van der Waals surface area contributed by atoms with Crippen molar-refractivity contribution in [3.05, 3.63) is 29.8 Å². The first-order valence-electron chi connectivity index (χ1n) is 7.23. The molecule has 0 saturated carbocycles. The zero-order valence-electron chi connectivity index (χ0n) is 13.0. The highest BCUT2D eigenvalue weighted by atomic mass is 35.5. The standard InChI is InChI=1S/C15H21ClN2O3S/c1-11(2)15-17(14(19)10-16)8-9-18(15)22(20,21)13-6-4-12(3)5-7-13/h4-7,11,15H,8-10H2,1-3H3/t15-/m0/s1. The third-order valence-corrected chi connectivity index (χ3v) is 5.95. The van der Waals surface area contributed by atoms with Crippen LogP contribution >= 0.6 is 11.6 Å². The van der Waals surface area contributed by atoms with Gasteiger partial charge in [-0.3, -0.25) is 4.79 Å². The van der Waals surface area contributed by atoms with Gasteiger partial charge in [0.2, 0.25) is 15.9 Å². The summed E-state index contributed by atoms with van der Waals surface area (Å²) in [6.45, 7) is 6.38. The van der Waals surface area contributed by atoms with Crippen LogP contribution in [-0.4, -0.2) is 48.7 Å². The van der Waals surface area contributed by atoms with Crippen molar-refractivity contribution in [3.8, 4) is 0 Å². The fraction of sp³-hybridized carbons (Fsp3) is 0.533. The van der Waals surface area contributed by atoms with Crippen molar-refractivity contribution in [1.29, 1.82) is 0 Å². The Balaban J connectivity index is 2.38. The molecule has 1 aromatic rings. The topological polar surface area (TPSA) is 57.7 Å². The molecule has 122 valence electrons. The first-order valence-corrected chi connectivity index (χ1v) is 9.20. The van der Waals surface area contributed by atoms with Crippen molar-refractivity contribution in [2.24, 2.45) is 5.92 Å². The first-order chi connectivity index (χ1) is 10.3. The second-order valence-corrected chi connectivity index (χ2v) is 7.97. The lowest BCUT2D eigenvalue weighted by Crippen LogP contribution is -2.48. The molecule has 0 unspecified atom stereocenters. The molecule has 5 nitrogen and oxygen atoms in total. The van der Waals surface area contributed by atoms with Crippen LogP contribution in [-0.2, 0) is 14.8 Å². The Morgan fingerprint density at radius 3 is 2.36 bits per heavy atom. The lowest BCUT2D eigenvalue weighted by Gasteiger charge is -2.32. The van der Waals surface area contributed by atoms with Gasteiger partial charge in [0.15, 0.2) is 0 Å². The van der Waals surface area contributed by atoms with Crippen LogP contribution in [0, 0.1) is 12.8 Å². The molecule has 1 atom stereocenters. The van der Waals surface area contributed by atoms with Gasteiger partial charge in [-0.05, 0) is 25.0 Å². The number of halogens is 1. The van der Waals surface area contributed by atoms with Crippen molar-refractivity contribution in [3.63, 3.8) is 0 Å². The number of carbonyl (C=O) groups excluding carboxylic acids is 1. The molecule has 7 heteroatoms. The molecule has 1 heterocycles. The third kappa shape index (κ3) is 3.14. The van der Waals surface area contributed by atoms with Gasteiger partial charge in [0, 0.05) is 13.1 Å². The van der Waals surface area contributed by atoms with Crippen molar-refractivity contribution in [2.75, 3.05) is 19.0 Å². The molecule has 1 amide bonds. The van der Waals surface area contributed by atoms with Crippen molar-refractivity contribution in [1.82, 2.24) is 9.21 Å². The van der Waals surface area contributed by atoms with E-state index >= 15 is 0 Å². The summed E-state index contributed by atoms with van der Waals surface area (Å²) in [6.07, 6.45) is -0.488. The average Bonchev–Trinajstić information content (AvgIpc) is 2.92. The lowest BCUT2D eigenvalue weighted by molar-refractivity contribution is -0.131. The quantitative estimate of drug-likeness (QED) is 0.785. The first kappa shape index (κ1) is 17.2. The minimum atomic E-state index is -3.63. The van der Waals surface area contributed by atoms with Crippen LogP contribution in [0.4, 0.5) is 0 Å². The van der Waals surface area contributed by atoms with E-state index in [1.807, 2.05) is 20.8 Å². The van der Waals surface area contributed by atoms with Gasteiger partial charge in [-0.15, -0.1) is 11.6 Å². The fourth-order valence-corrected chi connectivity index (χ4v) is 4.64.